The van der Waals surface area contributed by atoms with E-state index in [-0.39, 0.29) is 23.9 Å². The Morgan fingerprint density at radius 2 is 2.07 bits per heavy atom. The second-order valence-corrected chi connectivity index (χ2v) is 6.46. The van der Waals surface area contributed by atoms with Crippen molar-refractivity contribution in [2.24, 2.45) is 0 Å². The summed E-state index contributed by atoms with van der Waals surface area (Å²) in [5.74, 6) is -0.0361. The van der Waals surface area contributed by atoms with E-state index in [4.69, 9.17) is 9.47 Å². The minimum absolute atomic E-state index is 0.0160. The Labute approximate surface area is 173 Å². The Kier molecular flexibility index (Phi) is 6.17. The molecule has 0 saturated carbocycles. The van der Waals surface area contributed by atoms with Crippen molar-refractivity contribution in [1.29, 1.82) is 5.26 Å². The summed E-state index contributed by atoms with van der Waals surface area (Å²) in [6, 6.07) is 12.6. The average Bonchev–Trinajstić information content (AvgIpc) is 3.08. The van der Waals surface area contributed by atoms with Gasteiger partial charge in [0.05, 0.1) is 30.7 Å². The number of carbonyl (C=O) groups excluding carboxylic acids is 1. The minimum Gasteiger partial charge on any atom is -0.497 e. The van der Waals surface area contributed by atoms with Gasteiger partial charge in [-0.15, -0.1) is 0 Å². The number of carbonyl (C=O) groups is 1. The third-order valence-corrected chi connectivity index (χ3v) is 4.64. The number of nitriles is 1. The lowest BCUT2D eigenvalue weighted by Gasteiger charge is -2.21. The van der Waals surface area contributed by atoms with Crippen molar-refractivity contribution < 1.29 is 19.2 Å². The highest BCUT2D eigenvalue weighted by molar-refractivity contribution is 5.93. The van der Waals surface area contributed by atoms with Crippen LogP contribution in [0.5, 0.6) is 5.75 Å². The molecule has 2 unspecified atom stereocenters. The molecule has 2 atom stereocenters. The highest BCUT2D eigenvalue weighted by Crippen LogP contribution is 2.39. The topological polar surface area (TPSA) is 127 Å². The van der Waals surface area contributed by atoms with Crippen LogP contribution in [0, 0.1) is 21.4 Å². The molecule has 0 bridgehead atoms. The number of nitro benzene ring substituents is 1. The Balaban J connectivity index is 1.96. The molecule has 0 amide bonds. The molecule has 2 N–H and O–H groups in total. The van der Waals surface area contributed by atoms with Crippen molar-refractivity contribution in [2.75, 3.05) is 24.4 Å². The van der Waals surface area contributed by atoms with E-state index in [2.05, 4.69) is 10.6 Å². The van der Waals surface area contributed by atoms with E-state index in [0.29, 0.717) is 11.4 Å². The maximum absolute atomic E-state index is 12.1. The van der Waals surface area contributed by atoms with Crippen LogP contribution in [-0.2, 0) is 9.53 Å². The van der Waals surface area contributed by atoms with Gasteiger partial charge in [-0.3, -0.25) is 10.1 Å². The molecule has 1 heterocycles. The van der Waals surface area contributed by atoms with Gasteiger partial charge in [0.1, 0.15) is 17.4 Å². The lowest BCUT2D eigenvalue weighted by atomic mass is 10.0. The van der Waals surface area contributed by atoms with Crippen LogP contribution < -0.4 is 15.4 Å². The maximum atomic E-state index is 12.1. The fourth-order valence-corrected chi connectivity index (χ4v) is 3.22. The maximum Gasteiger partial charge on any atom is 0.348 e. The molecule has 0 saturated heterocycles. The molecule has 0 aromatic heterocycles. The number of hydrogen-bond acceptors (Lipinski definition) is 8. The SMILES string of the molecule is CCOC(=O)/C(C#N)=C\C1Nc2ccc(OC)cc2C1Nc1ccc([N+](=O)[O-])cc1. The van der Waals surface area contributed by atoms with Crippen LogP contribution in [0.2, 0.25) is 0 Å². The van der Waals surface area contributed by atoms with E-state index < -0.39 is 16.9 Å². The third kappa shape index (κ3) is 4.33. The smallest absolute Gasteiger partial charge is 0.348 e. The minimum atomic E-state index is -0.690. The zero-order valence-corrected chi connectivity index (χ0v) is 16.4. The number of anilines is 2. The predicted octanol–water partition coefficient (Wildman–Crippen LogP) is 3.56. The molecule has 9 heteroatoms. The Bertz CT molecular complexity index is 1030. The second-order valence-electron chi connectivity index (χ2n) is 6.46. The standard InChI is InChI=1S/C21H20N4O5/c1-3-30-21(26)13(12-22)10-19-20(17-11-16(29-2)8-9-18(17)24-19)23-14-4-6-15(7-5-14)25(27)28/h4-11,19-20,23-24H,3H2,1-2H3/b13-10-. The monoisotopic (exact) mass is 408 g/mol. The van der Waals surface area contributed by atoms with Gasteiger partial charge in [0.15, 0.2) is 0 Å². The van der Waals surface area contributed by atoms with Crippen molar-refractivity contribution in [3.63, 3.8) is 0 Å². The van der Waals surface area contributed by atoms with Gasteiger partial charge < -0.3 is 20.1 Å². The van der Waals surface area contributed by atoms with Crippen LogP contribution in [0.15, 0.2) is 54.1 Å². The Hall–Kier alpha value is -4.06. The molecular weight excluding hydrogens is 388 g/mol. The lowest BCUT2D eigenvalue weighted by molar-refractivity contribution is -0.384. The summed E-state index contributed by atoms with van der Waals surface area (Å²) in [5.41, 5.74) is 2.21. The molecule has 1 aliphatic heterocycles. The molecule has 2 aromatic rings. The highest BCUT2D eigenvalue weighted by Gasteiger charge is 2.32. The summed E-state index contributed by atoms with van der Waals surface area (Å²) in [6.45, 7) is 1.83. The molecule has 9 nitrogen and oxygen atoms in total. The van der Waals surface area contributed by atoms with E-state index in [0.717, 1.165) is 11.3 Å². The Morgan fingerprint density at radius 3 is 2.67 bits per heavy atom. The third-order valence-electron chi connectivity index (χ3n) is 4.64. The van der Waals surface area contributed by atoms with Crippen molar-refractivity contribution in [3.8, 4) is 11.8 Å². The summed E-state index contributed by atoms with van der Waals surface area (Å²) in [7, 11) is 1.56. The van der Waals surface area contributed by atoms with Crippen LogP contribution in [0.25, 0.3) is 0 Å². The zero-order chi connectivity index (χ0) is 21.7. The number of benzene rings is 2. The van der Waals surface area contributed by atoms with Crippen LogP contribution in [0.3, 0.4) is 0 Å². The van der Waals surface area contributed by atoms with E-state index >= 15 is 0 Å². The predicted molar refractivity (Wildman–Crippen MR) is 110 cm³/mol. The van der Waals surface area contributed by atoms with Crippen molar-refractivity contribution >= 4 is 23.0 Å². The number of ether oxygens (including phenoxy) is 2. The van der Waals surface area contributed by atoms with E-state index in [1.807, 2.05) is 18.2 Å². The number of esters is 1. The number of nitrogens with one attached hydrogen (secondary N) is 2. The van der Waals surface area contributed by atoms with Gasteiger partial charge >= 0.3 is 5.97 Å². The lowest BCUT2D eigenvalue weighted by Crippen LogP contribution is -2.25. The Morgan fingerprint density at radius 1 is 1.33 bits per heavy atom. The largest absolute Gasteiger partial charge is 0.497 e. The second kappa shape index (κ2) is 8.96. The quantitative estimate of drug-likeness (QED) is 0.234. The van der Waals surface area contributed by atoms with E-state index in [1.54, 1.807) is 32.2 Å². The van der Waals surface area contributed by atoms with Gasteiger partial charge in [-0.2, -0.15) is 5.26 Å². The number of hydrogen-bond donors (Lipinski definition) is 2. The molecule has 2 aromatic carbocycles. The first-order valence-electron chi connectivity index (χ1n) is 9.21. The van der Waals surface area contributed by atoms with E-state index in [9.17, 15) is 20.2 Å². The van der Waals surface area contributed by atoms with Crippen molar-refractivity contribution in [3.05, 3.63) is 69.8 Å². The molecule has 154 valence electrons. The van der Waals surface area contributed by atoms with Crippen LogP contribution >= 0.6 is 0 Å². The van der Waals surface area contributed by atoms with Crippen LogP contribution in [0.4, 0.5) is 17.1 Å². The molecular formula is C21H20N4O5. The summed E-state index contributed by atoms with van der Waals surface area (Å²) < 4.78 is 10.3. The molecule has 0 spiro atoms. The van der Waals surface area contributed by atoms with Gasteiger partial charge in [-0.25, -0.2) is 4.79 Å². The number of fused-ring (bicyclic) bond motifs is 1. The highest BCUT2D eigenvalue weighted by atomic mass is 16.6. The molecule has 0 aliphatic carbocycles. The molecule has 1 aliphatic rings. The number of non-ortho nitro benzene ring substituents is 1. The van der Waals surface area contributed by atoms with E-state index in [1.165, 1.54) is 18.2 Å². The zero-order valence-electron chi connectivity index (χ0n) is 16.4. The molecule has 0 radical (unpaired) electrons. The summed E-state index contributed by atoms with van der Waals surface area (Å²) in [6.07, 6.45) is 1.52. The molecule has 30 heavy (non-hydrogen) atoms. The fraction of sp³-hybridized carbons (Fsp3) is 0.238. The van der Waals surface area contributed by atoms with Gasteiger partial charge in [-0.1, -0.05) is 0 Å². The van der Waals surface area contributed by atoms with Crippen LogP contribution in [-0.4, -0.2) is 30.7 Å². The average molecular weight is 408 g/mol. The van der Waals surface area contributed by atoms with Gasteiger partial charge in [-0.05, 0) is 43.3 Å². The number of methoxy groups -OCH3 is 1. The summed E-state index contributed by atoms with van der Waals surface area (Å²) >= 11 is 0. The van der Waals surface area contributed by atoms with Crippen molar-refractivity contribution in [1.82, 2.24) is 0 Å². The van der Waals surface area contributed by atoms with Crippen LogP contribution in [0.1, 0.15) is 18.5 Å². The number of rotatable bonds is 7. The van der Waals surface area contributed by atoms with Gasteiger partial charge in [0, 0.05) is 29.1 Å². The first kappa shape index (κ1) is 20.7. The van der Waals surface area contributed by atoms with Gasteiger partial charge in [0.25, 0.3) is 5.69 Å². The summed E-state index contributed by atoms with van der Waals surface area (Å²) in [4.78, 5) is 22.5. The molecule has 0 fully saturated rings. The first-order valence-corrected chi connectivity index (χ1v) is 9.21. The normalized spacial score (nSPS) is 17.3. The van der Waals surface area contributed by atoms with Gasteiger partial charge in [0.2, 0.25) is 0 Å². The summed E-state index contributed by atoms with van der Waals surface area (Å²) in [5, 5.41) is 26.9. The number of nitro groups is 1. The fourth-order valence-electron chi connectivity index (χ4n) is 3.22. The molecule has 3 rings (SSSR count). The first-order chi connectivity index (χ1) is 14.5. The van der Waals surface area contributed by atoms with Crippen molar-refractivity contribution in [2.45, 2.75) is 19.0 Å². The number of nitrogens with zero attached hydrogens (tertiary/aromatic N) is 2.